The van der Waals surface area contributed by atoms with Crippen molar-refractivity contribution in [2.24, 2.45) is 0 Å². The number of nitrogens with one attached hydrogen (secondary N) is 1. The van der Waals surface area contributed by atoms with Gasteiger partial charge in [0.25, 0.3) is 5.91 Å². The number of carbonyl (C=O) groups is 1. The Kier molecular flexibility index (Phi) is 3.57. The Bertz CT molecular complexity index is 822. The Balaban J connectivity index is 2.03. The van der Waals surface area contributed by atoms with E-state index in [1.165, 1.54) is 0 Å². The number of nitrogens with zero attached hydrogens (tertiary/aromatic N) is 2. The van der Waals surface area contributed by atoms with E-state index in [0.29, 0.717) is 15.9 Å². The van der Waals surface area contributed by atoms with E-state index >= 15 is 0 Å². The summed E-state index contributed by atoms with van der Waals surface area (Å²) in [5.74, 6) is 0.296. The molecule has 1 heterocycles. The second kappa shape index (κ2) is 5.39. The first kappa shape index (κ1) is 13.9. The molecule has 106 valence electrons. The van der Waals surface area contributed by atoms with E-state index in [9.17, 15) is 4.79 Å². The van der Waals surface area contributed by atoms with Gasteiger partial charge >= 0.3 is 0 Å². The highest BCUT2D eigenvalue weighted by Gasteiger charge is 2.16. The van der Waals surface area contributed by atoms with E-state index in [1.807, 2.05) is 31.2 Å². The lowest BCUT2D eigenvalue weighted by Crippen LogP contribution is -2.24. The molecule has 1 amide bonds. The molecular weight excluding hydrogens is 309 g/mol. The molecule has 0 aliphatic rings. The number of hydrogen-bond acceptors (Lipinski definition) is 2. The van der Waals surface area contributed by atoms with E-state index in [4.69, 9.17) is 23.2 Å². The van der Waals surface area contributed by atoms with Gasteiger partial charge in [0, 0.05) is 0 Å². The third kappa shape index (κ3) is 2.48. The minimum atomic E-state index is -0.378. The molecule has 4 nitrogen and oxygen atoms in total. The maximum atomic E-state index is 12.4. The summed E-state index contributed by atoms with van der Waals surface area (Å²) in [6.45, 7) is 1.81. The normalized spacial score (nSPS) is 10.8. The summed E-state index contributed by atoms with van der Waals surface area (Å²) >= 11 is 12.1. The fraction of sp³-hybridized carbons (Fsp3) is 0.0667. The number of imidazole rings is 1. The van der Waals surface area contributed by atoms with Crippen LogP contribution >= 0.6 is 23.2 Å². The first-order valence-electron chi connectivity index (χ1n) is 6.27. The molecule has 1 N–H and O–H groups in total. The van der Waals surface area contributed by atoms with Gasteiger partial charge in [-0.2, -0.15) is 0 Å². The highest BCUT2D eigenvalue weighted by Crippen LogP contribution is 2.24. The summed E-state index contributed by atoms with van der Waals surface area (Å²) < 4.78 is 1.62. The number of hydrogen-bond donors (Lipinski definition) is 1. The van der Waals surface area contributed by atoms with Gasteiger partial charge in [0.2, 0.25) is 0 Å². The molecule has 0 bridgehead atoms. The zero-order chi connectivity index (χ0) is 15.0. The number of carbonyl (C=O) groups excluding carboxylic acids is 1. The average Bonchev–Trinajstić information content (AvgIpc) is 2.75. The van der Waals surface area contributed by atoms with E-state index in [2.05, 4.69) is 10.4 Å². The van der Waals surface area contributed by atoms with Crippen LogP contribution in [0.3, 0.4) is 0 Å². The fourth-order valence-corrected chi connectivity index (χ4v) is 2.73. The van der Waals surface area contributed by atoms with Crippen molar-refractivity contribution in [3.05, 3.63) is 63.9 Å². The Morgan fingerprint density at radius 2 is 1.76 bits per heavy atom. The summed E-state index contributed by atoms with van der Waals surface area (Å²) in [4.78, 5) is 16.8. The van der Waals surface area contributed by atoms with Crippen LogP contribution in [0.4, 0.5) is 0 Å². The number of aromatic nitrogens is 2. The second-order valence-corrected chi connectivity index (χ2v) is 5.34. The molecule has 0 fully saturated rings. The van der Waals surface area contributed by atoms with Crippen LogP contribution in [0.15, 0.2) is 42.5 Å². The van der Waals surface area contributed by atoms with Crippen LogP contribution in [-0.4, -0.2) is 15.6 Å². The number of rotatable bonds is 2. The molecule has 1 aromatic heterocycles. The van der Waals surface area contributed by atoms with Crippen molar-refractivity contribution < 1.29 is 4.79 Å². The quantitative estimate of drug-likeness (QED) is 0.775. The topological polar surface area (TPSA) is 46.9 Å². The average molecular weight is 320 g/mol. The summed E-state index contributed by atoms with van der Waals surface area (Å²) in [7, 11) is 0. The summed E-state index contributed by atoms with van der Waals surface area (Å²) in [6.07, 6.45) is 0. The van der Waals surface area contributed by atoms with Crippen LogP contribution in [0.25, 0.3) is 11.0 Å². The van der Waals surface area contributed by atoms with Crippen LogP contribution < -0.4 is 5.43 Å². The van der Waals surface area contributed by atoms with Crippen LogP contribution in [0.2, 0.25) is 10.0 Å². The minimum Gasteiger partial charge on any atom is -0.267 e. The summed E-state index contributed by atoms with van der Waals surface area (Å²) in [5, 5.41) is 0.615. The zero-order valence-corrected chi connectivity index (χ0v) is 12.6. The van der Waals surface area contributed by atoms with Gasteiger partial charge in [0.1, 0.15) is 5.82 Å². The van der Waals surface area contributed by atoms with Gasteiger partial charge in [-0.25, -0.2) is 9.66 Å². The van der Waals surface area contributed by atoms with Gasteiger partial charge in [0.15, 0.2) is 0 Å². The van der Waals surface area contributed by atoms with Gasteiger partial charge < -0.3 is 0 Å². The van der Waals surface area contributed by atoms with Crippen LogP contribution in [0.1, 0.15) is 16.2 Å². The number of para-hydroxylation sites is 2. The first-order chi connectivity index (χ1) is 10.1. The van der Waals surface area contributed by atoms with Gasteiger partial charge in [-0.05, 0) is 31.2 Å². The fourth-order valence-electron chi connectivity index (χ4n) is 2.16. The highest BCUT2D eigenvalue weighted by molar-refractivity contribution is 6.40. The van der Waals surface area contributed by atoms with Crippen molar-refractivity contribution in [1.29, 1.82) is 0 Å². The maximum absolute atomic E-state index is 12.4. The van der Waals surface area contributed by atoms with Gasteiger partial charge in [-0.3, -0.25) is 10.2 Å². The highest BCUT2D eigenvalue weighted by atomic mass is 35.5. The van der Waals surface area contributed by atoms with Crippen molar-refractivity contribution in [3.63, 3.8) is 0 Å². The Hall–Kier alpha value is -2.04. The monoisotopic (exact) mass is 319 g/mol. The Morgan fingerprint density at radius 1 is 1.10 bits per heavy atom. The van der Waals surface area contributed by atoms with E-state index in [0.717, 1.165) is 11.0 Å². The number of amides is 1. The van der Waals surface area contributed by atoms with Crippen molar-refractivity contribution in [1.82, 2.24) is 9.66 Å². The number of fused-ring (bicyclic) bond motifs is 1. The maximum Gasteiger partial charge on any atom is 0.273 e. The predicted octanol–water partition coefficient (Wildman–Crippen LogP) is 4.04. The van der Waals surface area contributed by atoms with Gasteiger partial charge in [-0.15, -0.1) is 0 Å². The predicted molar refractivity (Wildman–Crippen MR) is 84.6 cm³/mol. The van der Waals surface area contributed by atoms with Crippen LogP contribution in [0.5, 0.6) is 0 Å². The number of benzene rings is 2. The molecule has 0 aliphatic heterocycles. The summed E-state index contributed by atoms with van der Waals surface area (Å²) in [5.41, 5.74) is 4.64. The van der Waals surface area contributed by atoms with Gasteiger partial charge in [-0.1, -0.05) is 41.4 Å². The summed E-state index contributed by atoms with van der Waals surface area (Å²) in [6, 6.07) is 12.5. The molecule has 0 radical (unpaired) electrons. The molecule has 0 saturated carbocycles. The second-order valence-electron chi connectivity index (χ2n) is 4.52. The molecule has 0 aliphatic carbocycles. The van der Waals surface area contributed by atoms with E-state index < -0.39 is 0 Å². The lowest BCUT2D eigenvalue weighted by Gasteiger charge is -2.11. The molecule has 3 rings (SSSR count). The molecule has 21 heavy (non-hydrogen) atoms. The van der Waals surface area contributed by atoms with Crippen molar-refractivity contribution in [2.75, 3.05) is 5.43 Å². The van der Waals surface area contributed by atoms with Crippen molar-refractivity contribution in [3.8, 4) is 0 Å². The molecule has 0 saturated heterocycles. The van der Waals surface area contributed by atoms with Crippen LogP contribution in [-0.2, 0) is 0 Å². The van der Waals surface area contributed by atoms with Crippen molar-refractivity contribution in [2.45, 2.75) is 6.92 Å². The van der Waals surface area contributed by atoms with Crippen molar-refractivity contribution >= 4 is 40.1 Å². The molecule has 0 unspecified atom stereocenters. The van der Waals surface area contributed by atoms with Crippen LogP contribution in [0, 0.1) is 6.92 Å². The minimum absolute atomic E-state index is 0.248. The number of halogens is 2. The third-order valence-corrected chi connectivity index (χ3v) is 3.76. The molecule has 3 aromatic rings. The Labute approximate surface area is 131 Å². The third-order valence-electron chi connectivity index (χ3n) is 3.13. The Morgan fingerprint density at radius 3 is 2.48 bits per heavy atom. The molecule has 2 aromatic carbocycles. The SMILES string of the molecule is Cc1nc2ccccc2n1NC(=O)c1c(Cl)cccc1Cl. The molecule has 0 spiro atoms. The lowest BCUT2D eigenvalue weighted by atomic mass is 10.2. The smallest absolute Gasteiger partial charge is 0.267 e. The standard InChI is InChI=1S/C15H11Cl2N3O/c1-9-18-12-7-2-3-8-13(12)20(9)19-15(21)14-10(16)5-4-6-11(14)17/h2-8H,1H3,(H,19,21). The lowest BCUT2D eigenvalue weighted by molar-refractivity contribution is 0.101. The largest absolute Gasteiger partial charge is 0.273 e. The molecular formula is C15H11Cl2N3O. The van der Waals surface area contributed by atoms with E-state index in [1.54, 1.807) is 22.9 Å². The van der Waals surface area contributed by atoms with Gasteiger partial charge in [0.05, 0.1) is 26.6 Å². The molecule has 6 heteroatoms. The first-order valence-corrected chi connectivity index (χ1v) is 7.03. The zero-order valence-electron chi connectivity index (χ0n) is 11.1. The number of aryl methyl sites for hydroxylation is 1. The molecule has 0 atom stereocenters. The van der Waals surface area contributed by atoms with E-state index in [-0.39, 0.29) is 11.5 Å².